The van der Waals surface area contributed by atoms with E-state index < -0.39 is 38.1 Å². The third-order valence-corrected chi connectivity index (χ3v) is 4.70. The SMILES string of the molecule is CS(=O)(=O)Cc1ccc(Cl)cc1S(=O)(=O)NCC(=O)O. The van der Waals surface area contributed by atoms with Gasteiger partial charge in [-0.2, -0.15) is 4.72 Å². The standard InChI is InChI=1S/C10H12ClNO6S2/c1-19(15,16)6-7-2-3-8(11)4-9(7)20(17,18)12-5-10(13)14/h2-4,12H,5-6H2,1H3,(H,13,14). The average molecular weight is 342 g/mol. The molecule has 7 nitrogen and oxygen atoms in total. The molecule has 0 fully saturated rings. The zero-order chi connectivity index (χ0) is 15.6. The van der Waals surface area contributed by atoms with Crippen LogP contribution >= 0.6 is 11.6 Å². The predicted octanol–water partition coefficient (Wildman–Crippen LogP) is 0.248. The maximum atomic E-state index is 12.0. The molecule has 0 atom stereocenters. The summed E-state index contributed by atoms with van der Waals surface area (Å²) in [5.74, 6) is -1.85. The summed E-state index contributed by atoms with van der Waals surface area (Å²) in [4.78, 5) is 10.1. The van der Waals surface area contributed by atoms with Crippen LogP contribution in [0.1, 0.15) is 5.56 Å². The first-order valence-electron chi connectivity index (χ1n) is 5.19. The lowest BCUT2D eigenvalue weighted by atomic mass is 10.2. The number of carbonyl (C=O) groups is 1. The molecule has 0 amide bonds. The van der Waals surface area contributed by atoms with Gasteiger partial charge in [0.2, 0.25) is 10.0 Å². The molecule has 0 heterocycles. The minimum absolute atomic E-state index is 0.0230. The van der Waals surface area contributed by atoms with Crippen molar-refractivity contribution in [3.05, 3.63) is 28.8 Å². The van der Waals surface area contributed by atoms with Gasteiger partial charge in [-0.05, 0) is 17.7 Å². The van der Waals surface area contributed by atoms with E-state index in [1.807, 2.05) is 4.72 Å². The molecule has 10 heteroatoms. The molecular formula is C10H12ClNO6S2. The third kappa shape index (κ3) is 5.08. The molecule has 0 aromatic heterocycles. The van der Waals surface area contributed by atoms with Gasteiger partial charge < -0.3 is 5.11 Å². The largest absolute Gasteiger partial charge is 0.480 e. The summed E-state index contributed by atoms with van der Waals surface area (Å²) in [5.41, 5.74) is 0.0230. The Morgan fingerprint density at radius 1 is 1.30 bits per heavy atom. The van der Waals surface area contributed by atoms with Gasteiger partial charge in [0.15, 0.2) is 9.84 Å². The first-order chi connectivity index (χ1) is 9.01. The molecule has 1 rings (SSSR count). The lowest BCUT2D eigenvalue weighted by molar-refractivity contribution is -0.135. The van der Waals surface area contributed by atoms with Crippen molar-refractivity contribution in [1.29, 1.82) is 0 Å². The predicted molar refractivity (Wildman–Crippen MR) is 72.8 cm³/mol. The van der Waals surface area contributed by atoms with Crippen LogP contribution in [0.15, 0.2) is 23.1 Å². The lowest BCUT2D eigenvalue weighted by Crippen LogP contribution is -2.30. The van der Waals surface area contributed by atoms with Crippen molar-refractivity contribution < 1.29 is 26.7 Å². The number of benzene rings is 1. The van der Waals surface area contributed by atoms with Crippen molar-refractivity contribution in [2.45, 2.75) is 10.6 Å². The van der Waals surface area contributed by atoms with Crippen LogP contribution in [0.2, 0.25) is 5.02 Å². The molecule has 112 valence electrons. The minimum atomic E-state index is -4.16. The Morgan fingerprint density at radius 2 is 1.90 bits per heavy atom. The van der Waals surface area contributed by atoms with Gasteiger partial charge in [0.05, 0.1) is 10.6 Å². The fourth-order valence-corrected chi connectivity index (χ4v) is 3.80. The zero-order valence-electron chi connectivity index (χ0n) is 10.3. The highest BCUT2D eigenvalue weighted by molar-refractivity contribution is 7.90. The first-order valence-corrected chi connectivity index (χ1v) is 9.11. The van der Waals surface area contributed by atoms with Crippen LogP contribution in [0, 0.1) is 0 Å². The number of carboxylic acids is 1. The van der Waals surface area contributed by atoms with Crippen molar-refractivity contribution >= 4 is 37.4 Å². The van der Waals surface area contributed by atoms with E-state index in [1.165, 1.54) is 12.1 Å². The summed E-state index contributed by atoms with van der Waals surface area (Å²) in [6, 6.07) is 3.71. The Bertz CT molecular complexity index is 726. The number of nitrogens with one attached hydrogen (secondary N) is 1. The quantitative estimate of drug-likeness (QED) is 0.765. The van der Waals surface area contributed by atoms with Crippen LogP contribution in [-0.2, 0) is 30.4 Å². The van der Waals surface area contributed by atoms with Crippen molar-refractivity contribution in [3.63, 3.8) is 0 Å². The minimum Gasteiger partial charge on any atom is -0.480 e. The molecule has 0 saturated carbocycles. The molecule has 0 aliphatic carbocycles. The molecule has 0 bridgehead atoms. The second-order valence-corrected chi connectivity index (χ2v) is 8.35. The average Bonchev–Trinajstić information content (AvgIpc) is 2.27. The number of halogens is 1. The number of aliphatic carboxylic acids is 1. The summed E-state index contributed by atoms with van der Waals surface area (Å²) < 4.78 is 48.4. The van der Waals surface area contributed by atoms with Gasteiger partial charge in [0, 0.05) is 11.3 Å². The Labute approximate surface area is 121 Å². The Kier molecular flexibility index (Phi) is 5.14. The van der Waals surface area contributed by atoms with E-state index in [2.05, 4.69) is 0 Å². The zero-order valence-corrected chi connectivity index (χ0v) is 12.7. The highest BCUT2D eigenvalue weighted by Gasteiger charge is 2.21. The first kappa shape index (κ1) is 16.9. The number of hydrogen-bond acceptors (Lipinski definition) is 5. The lowest BCUT2D eigenvalue weighted by Gasteiger charge is -2.10. The monoisotopic (exact) mass is 341 g/mol. The van der Waals surface area contributed by atoms with E-state index in [1.54, 1.807) is 0 Å². The summed E-state index contributed by atoms with van der Waals surface area (Å²) in [5, 5.41) is 8.58. The van der Waals surface area contributed by atoms with Gasteiger partial charge in [-0.25, -0.2) is 16.8 Å². The van der Waals surface area contributed by atoms with Crippen LogP contribution in [0.5, 0.6) is 0 Å². The molecule has 0 spiro atoms. The maximum Gasteiger partial charge on any atom is 0.318 e. The van der Waals surface area contributed by atoms with E-state index in [9.17, 15) is 21.6 Å². The molecule has 0 aliphatic heterocycles. The Hall–Kier alpha value is -1.16. The van der Waals surface area contributed by atoms with E-state index in [4.69, 9.17) is 16.7 Å². The number of carboxylic acid groups (broad SMARTS) is 1. The maximum absolute atomic E-state index is 12.0. The van der Waals surface area contributed by atoms with Crippen LogP contribution in [-0.4, -0.2) is 40.7 Å². The van der Waals surface area contributed by atoms with Crippen molar-refractivity contribution in [2.75, 3.05) is 12.8 Å². The van der Waals surface area contributed by atoms with Crippen molar-refractivity contribution in [2.24, 2.45) is 0 Å². The molecule has 0 unspecified atom stereocenters. The van der Waals surface area contributed by atoms with E-state index in [0.717, 1.165) is 12.3 Å². The Morgan fingerprint density at radius 3 is 2.40 bits per heavy atom. The van der Waals surface area contributed by atoms with Crippen LogP contribution in [0.3, 0.4) is 0 Å². The number of sulfone groups is 1. The molecule has 20 heavy (non-hydrogen) atoms. The molecule has 0 radical (unpaired) electrons. The van der Waals surface area contributed by atoms with Crippen LogP contribution < -0.4 is 4.72 Å². The van der Waals surface area contributed by atoms with Gasteiger partial charge in [-0.3, -0.25) is 4.79 Å². The summed E-state index contributed by atoms with van der Waals surface area (Å²) >= 11 is 5.70. The Balaban J connectivity index is 3.28. The van der Waals surface area contributed by atoms with Gasteiger partial charge in [-0.1, -0.05) is 17.7 Å². The van der Waals surface area contributed by atoms with Gasteiger partial charge in [0.25, 0.3) is 0 Å². The molecule has 1 aromatic carbocycles. The normalized spacial score (nSPS) is 12.3. The van der Waals surface area contributed by atoms with Gasteiger partial charge >= 0.3 is 5.97 Å². The fourth-order valence-electron chi connectivity index (χ4n) is 1.41. The summed E-state index contributed by atoms with van der Waals surface area (Å²) in [6.45, 7) is -0.812. The smallest absolute Gasteiger partial charge is 0.318 e. The van der Waals surface area contributed by atoms with Crippen LogP contribution in [0.25, 0.3) is 0 Å². The topological polar surface area (TPSA) is 118 Å². The highest BCUT2D eigenvalue weighted by atomic mass is 35.5. The second kappa shape index (κ2) is 6.08. The number of hydrogen-bond donors (Lipinski definition) is 2. The molecule has 0 saturated heterocycles. The number of sulfonamides is 1. The molecule has 0 aliphatic rings. The van der Waals surface area contributed by atoms with Crippen molar-refractivity contribution in [3.8, 4) is 0 Å². The van der Waals surface area contributed by atoms with Crippen LogP contribution in [0.4, 0.5) is 0 Å². The molecule has 2 N–H and O–H groups in total. The van der Waals surface area contributed by atoms with Crippen molar-refractivity contribution in [1.82, 2.24) is 4.72 Å². The van der Waals surface area contributed by atoms with Gasteiger partial charge in [-0.15, -0.1) is 0 Å². The van der Waals surface area contributed by atoms with Gasteiger partial charge in [0.1, 0.15) is 6.54 Å². The third-order valence-electron chi connectivity index (χ3n) is 2.15. The molecule has 1 aromatic rings. The highest BCUT2D eigenvalue weighted by Crippen LogP contribution is 2.22. The summed E-state index contributed by atoms with van der Waals surface area (Å²) in [7, 11) is -7.62. The summed E-state index contributed by atoms with van der Waals surface area (Å²) in [6.07, 6.45) is 0.961. The molecular weight excluding hydrogens is 330 g/mol. The van der Waals surface area contributed by atoms with E-state index in [-0.39, 0.29) is 15.5 Å². The van der Waals surface area contributed by atoms with E-state index in [0.29, 0.717) is 0 Å². The fraction of sp³-hybridized carbons (Fsp3) is 0.300. The second-order valence-electron chi connectivity index (χ2n) is 4.04. The number of rotatable bonds is 6. The van der Waals surface area contributed by atoms with E-state index >= 15 is 0 Å².